The molecule has 2 fully saturated rings. The van der Waals surface area contributed by atoms with Gasteiger partial charge in [0.2, 0.25) is 0 Å². The van der Waals surface area contributed by atoms with Crippen molar-refractivity contribution < 1.29 is 4.74 Å². The summed E-state index contributed by atoms with van der Waals surface area (Å²) in [5.41, 5.74) is 2.63. The standard InChI is InChI=1S/C17H26N2O/c1-12-6-7-17(20-3)15(9-12)13(2)19-10-14-5-4-8-18-16(14)11-19/h6-7,9,13-14,16,18H,4-5,8,10-11H2,1-3H3/t13?,14-,16+/m0/s1. The quantitative estimate of drug-likeness (QED) is 0.917. The summed E-state index contributed by atoms with van der Waals surface area (Å²) in [7, 11) is 1.77. The molecule has 0 aromatic heterocycles. The van der Waals surface area contributed by atoms with Gasteiger partial charge in [0.15, 0.2) is 0 Å². The second-order valence-electron chi connectivity index (χ2n) is 6.34. The molecule has 3 rings (SSSR count). The Kier molecular flexibility index (Phi) is 3.99. The molecule has 2 aliphatic rings. The SMILES string of the molecule is COc1ccc(C)cc1C(C)N1C[C@@H]2CCCN[C@@H]2C1. The number of aryl methyl sites for hydroxylation is 1. The van der Waals surface area contributed by atoms with E-state index in [1.807, 2.05) is 0 Å². The largest absolute Gasteiger partial charge is 0.496 e. The summed E-state index contributed by atoms with van der Waals surface area (Å²) in [5.74, 6) is 1.85. The van der Waals surface area contributed by atoms with Gasteiger partial charge in [-0.15, -0.1) is 0 Å². The van der Waals surface area contributed by atoms with Crippen molar-refractivity contribution in [1.82, 2.24) is 10.2 Å². The van der Waals surface area contributed by atoms with Crippen LogP contribution in [0.3, 0.4) is 0 Å². The Morgan fingerprint density at radius 1 is 1.35 bits per heavy atom. The molecule has 0 amide bonds. The van der Waals surface area contributed by atoms with Crippen LogP contribution < -0.4 is 10.1 Å². The van der Waals surface area contributed by atoms with Crippen molar-refractivity contribution in [3.05, 3.63) is 29.3 Å². The van der Waals surface area contributed by atoms with Crippen LogP contribution in [-0.4, -0.2) is 37.7 Å². The van der Waals surface area contributed by atoms with E-state index in [0.717, 1.165) is 11.7 Å². The van der Waals surface area contributed by atoms with E-state index in [1.165, 1.54) is 43.6 Å². The van der Waals surface area contributed by atoms with Crippen LogP contribution in [0.15, 0.2) is 18.2 Å². The normalized spacial score (nSPS) is 28.1. The number of methoxy groups -OCH3 is 1. The van der Waals surface area contributed by atoms with Gasteiger partial charge in [-0.05, 0) is 45.2 Å². The fraction of sp³-hybridized carbons (Fsp3) is 0.647. The lowest BCUT2D eigenvalue weighted by Gasteiger charge is -2.26. The molecular formula is C17H26N2O. The van der Waals surface area contributed by atoms with E-state index in [4.69, 9.17) is 4.74 Å². The zero-order valence-electron chi connectivity index (χ0n) is 12.9. The van der Waals surface area contributed by atoms with E-state index >= 15 is 0 Å². The highest BCUT2D eigenvalue weighted by atomic mass is 16.5. The van der Waals surface area contributed by atoms with Gasteiger partial charge in [-0.25, -0.2) is 0 Å². The number of likely N-dealkylation sites (tertiary alicyclic amines) is 1. The summed E-state index contributed by atoms with van der Waals surface area (Å²) < 4.78 is 5.56. The minimum Gasteiger partial charge on any atom is -0.496 e. The molecule has 0 spiro atoms. The third kappa shape index (κ3) is 2.57. The summed E-state index contributed by atoms with van der Waals surface area (Å²) in [6.45, 7) is 8.05. The third-order valence-corrected chi connectivity index (χ3v) is 5.01. The van der Waals surface area contributed by atoms with Gasteiger partial charge < -0.3 is 10.1 Å². The molecule has 0 radical (unpaired) electrons. The first kappa shape index (κ1) is 13.9. The molecule has 2 saturated heterocycles. The van der Waals surface area contributed by atoms with Gasteiger partial charge in [0.05, 0.1) is 7.11 Å². The molecule has 3 nitrogen and oxygen atoms in total. The third-order valence-electron chi connectivity index (χ3n) is 5.01. The number of benzene rings is 1. The van der Waals surface area contributed by atoms with Gasteiger partial charge in [0, 0.05) is 30.7 Å². The van der Waals surface area contributed by atoms with E-state index in [9.17, 15) is 0 Å². The number of rotatable bonds is 3. The zero-order valence-corrected chi connectivity index (χ0v) is 12.9. The first-order valence-corrected chi connectivity index (χ1v) is 7.81. The molecular weight excluding hydrogens is 248 g/mol. The molecule has 3 atom stereocenters. The maximum atomic E-state index is 5.56. The van der Waals surface area contributed by atoms with Crippen molar-refractivity contribution in [2.24, 2.45) is 5.92 Å². The van der Waals surface area contributed by atoms with Crippen molar-refractivity contribution in [1.29, 1.82) is 0 Å². The zero-order chi connectivity index (χ0) is 14.1. The molecule has 0 bridgehead atoms. The Balaban J connectivity index is 1.79. The Morgan fingerprint density at radius 3 is 2.95 bits per heavy atom. The summed E-state index contributed by atoms with van der Waals surface area (Å²) in [4.78, 5) is 2.62. The van der Waals surface area contributed by atoms with E-state index in [0.29, 0.717) is 12.1 Å². The molecule has 1 unspecified atom stereocenters. The van der Waals surface area contributed by atoms with Gasteiger partial charge >= 0.3 is 0 Å². The second kappa shape index (κ2) is 5.74. The molecule has 1 aromatic carbocycles. The van der Waals surface area contributed by atoms with E-state index in [1.54, 1.807) is 7.11 Å². The van der Waals surface area contributed by atoms with Crippen LogP contribution >= 0.6 is 0 Å². The second-order valence-corrected chi connectivity index (χ2v) is 6.34. The average Bonchev–Trinajstić information content (AvgIpc) is 2.90. The van der Waals surface area contributed by atoms with Crippen LogP contribution in [0.2, 0.25) is 0 Å². The van der Waals surface area contributed by atoms with E-state index < -0.39 is 0 Å². The Bertz CT molecular complexity index is 460. The average molecular weight is 274 g/mol. The summed E-state index contributed by atoms with van der Waals surface area (Å²) >= 11 is 0. The molecule has 2 heterocycles. The first-order valence-electron chi connectivity index (χ1n) is 7.81. The van der Waals surface area contributed by atoms with Gasteiger partial charge in [-0.1, -0.05) is 17.7 Å². The summed E-state index contributed by atoms with van der Waals surface area (Å²) in [6, 6.07) is 7.63. The van der Waals surface area contributed by atoms with Crippen LogP contribution in [0.5, 0.6) is 5.75 Å². The number of hydrogen-bond donors (Lipinski definition) is 1. The fourth-order valence-electron chi connectivity index (χ4n) is 3.77. The number of piperidine rings is 1. The van der Waals surface area contributed by atoms with Crippen molar-refractivity contribution >= 4 is 0 Å². The number of nitrogens with one attached hydrogen (secondary N) is 1. The molecule has 0 saturated carbocycles. The summed E-state index contributed by atoms with van der Waals surface area (Å²) in [5, 5.41) is 3.68. The van der Waals surface area contributed by atoms with E-state index in [2.05, 4.69) is 42.3 Å². The lowest BCUT2D eigenvalue weighted by Crippen LogP contribution is -2.40. The van der Waals surface area contributed by atoms with Gasteiger partial charge in [-0.3, -0.25) is 4.90 Å². The van der Waals surface area contributed by atoms with Crippen LogP contribution in [0.4, 0.5) is 0 Å². The topological polar surface area (TPSA) is 24.5 Å². The monoisotopic (exact) mass is 274 g/mol. The molecule has 110 valence electrons. The fourth-order valence-corrected chi connectivity index (χ4v) is 3.77. The van der Waals surface area contributed by atoms with Crippen molar-refractivity contribution in [3.63, 3.8) is 0 Å². The van der Waals surface area contributed by atoms with Crippen LogP contribution in [0.25, 0.3) is 0 Å². The van der Waals surface area contributed by atoms with Crippen molar-refractivity contribution in [3.8, 4) is 5.75 Å². The maximum Gasteiger partial charge on any atom is 0.123 e. The van der Waals surface area contributed by atoms with Crippen LogP contribution in [0.1, 0.15) is 36.9 Å². The predicted octanol–water partition coefficient (Wildman–Crippen LogP) is 2.75. The Morgan fingerprint density at radius 2 is 2.20 bits per heavy atom. The highest BCUT2D eigenvalue weighted by Crippen LogP contribution is 2.35. The van der Waals surface area contributed by atoms with Crippen LogP contribution in [-0.2, 0) is 0 Å². The molecule has 1 aromatic rings. The molecule has 0 aliphatic carbocycles. The Hall–Kier alpha value is -1.06. The predicted molar refractivity (Wildman–Crippen MR) is 82.2 cm³/mol. The minimum atomic E-state index is 0.428. The highest BCUT2D eigenvalue weighted by molar-refractivity contribution is 5.39. The highest BCUT2D eigenvalue weighted by Gasteiger charge is 2.36. The first-order chi connectivity index (χ1) is 9.69. The van der Waals surface area contributed by atoms with Crippen molar-refractivity contribution in [2.75, 3.05) is 26.7 Å². The molecule has 2 aliphatic heterocycles. The molecule has 3 heteroatoms. The lowest BCUT2D eigenvalue weighted by atomic mass is 9.94. The summed E-state index contributed by atoms with van der Waals surface area (Å²) in [6.07, 6.45) is 2.71. The van der Waals surface area contributed by atoms with Gasteiger partial charge in [0.25, 0.3) is 0 Å². The Labute approximate surface area is 122 Å². The maximum absolute atomic E-state index is 5.56. The number of ether oxygens (including phenoxy) is 1. The van der Waals surface area contributed by atoms with Crippen LogP contribution in [0, 0.1) is 12.8 Å². The number of hydrogen-bond acceptors (Lipinski definition) is 3. The molecule has 1 N–H and O–H groups in total. The van der Waals surface area contributed by atoms with Crippen molar-refractivity contribution in [2.45, 2.75) is 38.8 Å². The van der Waals surface area contributed by atoms with Gasteiger partial charge in [0.1, 0.15) is 5.75 Å². The smallest absolute Gasteiger partial charge is 0.123 e. The van der Waals surface area contributed by atoms with Gasteiger partial charge in [-0.2, -0.15) is 0 Å². The van der Waals surface area contributed by atoms with E-state index in [-0.39, 0.29) is 0 Å². The molecule has 20 heavy (non-hydrogen) atoms. The number of fused-ring (bicyclic) bond motifs is 1. The number of nitrogens with zero attached hydrogens (tertiary/aromatic N) is 1. The minimum absolute atomic E-state index is 0.428. The lowest BCUT2D eigenvalue weighted by molar-refractivity contribution is 0.245.